The van der Waals surface area contributed by atoms with E-state index in [1.165, 1.54) is 16.7 Å². The van der Waals surface area contributed by atoms with E-state index in [0.29, 0.717) is 6.04 Å². The molecule has 0 aliphatic heterocycles. The molecule has 3 heteroatoms. The summed E-state index contributed by atoms with van der Waals surface area (Å²) in [5.74, 6) is 0. The minimum absolute atomic E-state index is 0.493. The van der Waals surface area contributed by atoms with Crippen LogP contribution < -0.4 is 5.32 Å². The molecule has 0 unspecified atom stereocenters. The third kappa shape index (κ3) is 3.48. The Morgan fingerprint density at radius 1 is 1.20 bits per heavy atom. The van der Waals surface area contributed by atoms with Gasteiger partial charge in [0, 0.05) is 30.9 Å². The highest BCUT2D eigenvalue weighted by Gasteiger charge is 2.11. The molecule has 3 nitrogen and oxygen atoms in total. The highest BCUT2D eigenvalue weighted by atomic mass is 15.3. The quantitative estimate of drug-likeness (QED) is 0.867. The first kappa shape index (κ1) is 14.8. The third-order valence-corrected chi connectivity index (χ3v) is 3.41. The molecule has 0 fully saturated rings. The van der Waals surface area contributed by atoms with E-state index in [2.05, 4.69) is 73.3 Å². The molecule has 0 amide bonds. The minimum atomic E-state index is 0.493. The van der Waals surface area contributed by atoms with Crippen molar-refractivity contribution in [2.75, 3.05) is 0 Å². The van der Waals surface area contributed by atoms with Gasteiger partial charge in [0.1, 0.15) is 0 Å². The van der Waals surface area contributed by atoms with Gasteiger partial charge in [0.25, 0.3) is 0 Å². The Balaban J connectivity index is 2.32. The van der Waals surface area contributed by atoms with Gasteiger partial charge in [0.05, 0.1) is 5.69 Å². The van der Waals surface area contributed by atoms with Gasteiger partial charge in [-0.25, -0.2) is 0 Å². The van der Waals surface area contributed by atoms with Crippen LogP contribution in [0.15, 0.2) is 30.5 Å². The first-order chi connectivity index (χ1) is 9.61. The number of benzene rings is 1. The summed E-state index contributed by atoms with van der Waals surface area (Å²) in [6, 6.07) is 9.09. The molecule has 2 aromatic rings. The standard InChI is InChI=1S/C17H25N3/c1-5-10-20-12-17(14(4)19-20)16-9-7-6-8-15(16)11-18-13(2)3/h6-9,12-13,18H,5,10-11H2,1-4H3. The first-order valence-corrected chi connectivity index (χ1v) is 7.47. The molecule has 0 aliphatic carbocycles. The molecule has 0 saturated carbocycles. The first-order valence-electron chi connectivity index (χ1n) is 7.47. The van der Waals surface area contributed by atoms with Crippen molar-refractivity contribution in [2.45, 2.75) is 53.2 Å². The molecule has 0 atom stereocenters. The molecule has 1 aromatic heterocycles. The van der Waals surface area contributed by atoms with E-state index in [1.54, 1.807) is 0 Å². The van der Waals surface area contributed by atoms with Gasteiger partial charge in [-0.05, 0) is 24.5 Å². The second-order valence-electron chi connectivity index (χ2n) is 5.58. The van der Waals surface area contributed by atoms with Gasteiger partial charge in [-0.1, -0.05) is 45.0 Å². The van der Waals surface area contributed by atoms with Crippen LogP contribution in [0.1, 0.15) is 38.4 Å². The van der Waals surface area contributed by atoms with Gasteiger partial charge in [-0.3, -0.25) is 4.68 Å². The second-order valence-corrected chi connectivity index (χ2v) is 5.58. The average Bonchev–Trinajstić information content (AvgIpc) is 2.78. The summed E-state index contributed by atoms with van der Waals surface area (Å²) in [5.41, 5.74) is 4.98. The smallest absolute Gasteiger partial charge is 0.0672 e. The summed E-state index contributed by atoms with van der Waals surface area (Å²) in [6.45, 7) is 10.5. The number of nitrogens with one attached hydrogen (secondary N) is 1. The van der Waals surface area contributed by atoms with Crippen LogP contribution >= 0.6 is 0 Å². The SMILES string of the molecule is CCCn1cc(-c2ccccc2CNC(C)C)c(C)n1. The van der Waals surface area contributed by atoms with Crippen molar-refractivity contribution in [2.24, 2.45) is 0 Å². The molecule has 1 heterocycles. The second kappa shape index (κ2) is 6.71. The van der Waals surface area contributed by atoms with E-state index in [4.69, 9.17) is 0 Å². The molecule has 0 bridgehead atoms. The summed E-state index contributed by atoms with van der Waals surface area (Å²) in [4.78, 5) is 0. The van der Waals surface area contributed by atoms with Crippen molar-refractivity contribution in [3.63, 3.8) is 0 Å². The molecule has 0 aliphatic rings. The molecule has 20 heavy (non-hydrogen) atoms. The zero-order valence-corrected chi connectivity index (χ0v) is 13.0. The fourth-order valence-electron chi connectivity index (χ4n) is 2.38. The Bertz CT molecular complexity index is 555. The van der Waals surface area contributed by atoms with E-state index in [9.17, 15) is 0 Å². The monoisotopic (exact) mass is 271 g/mol. The zero-order chi connectivity index (χ0) is 14.5. The number of nitrogens with zero attached hydrogens (tertiary/aromatic N) is 2. The van der Waals surface area contributed by atoms with E-state index in [0.717, 1.165) is 25.2 Å². The molecule has 1 aromatic carbocycles. The Morgan fingerprint density at radius 3 is 2.65 bits per heavy atom. The van der Waals surface area contributed by atoms with Crippen LogP contribution in [0.2, 0.25) is 0 Å². The predicted octanol–water partition coefficient (Wildman–Crippen LogP) is 3.77. The predicted molar refractivity (Wildman–Crippen MR) is 84.7 cm³/mol. The Labute approximate surface area is 122 Å². The summed E-state index contributed by atoms with van der Waals surface area (Å²) in [5, 5.41) is 8.11. The molecule has 1 N–H and O–H groups in total. The molecular weight excluding hydrogens is 246 g/mol. The topological polar surface area (TPSA) is 29.9 Å². The lowest BCUT2D eigenvalue weighted by Crippen LogP contribution is -2.22. The maximum absolute atomic E-state index is 4.61. The van der Waals surface area contributed by atoms with Crippen molar-refractivity contribution >= 4 is 0 Å². The van der Waals surface area contributed by atoms with Crippen LogP contribution in [0.25, 0.3) is 11.1 Å². The van der Waals surface area contributed by atoms with Crippen LogP contribution in [0.5, 0.6) is 0 Å². The molecule has 108 valence electrons. The fourth-order valence-corrected chi connectivity index (χ4v) is 2.38. The van der Waals surface area contributed by atoms with Crippen LogP contribution in [0.3, 0.4) is 0 Å². The van der Waals surface area contributed by atoms with Gasteiger partial charge in [0.15, 0.2) is 0 Å². The fraction of sp³-hybridized carbons (Fsp3) is 0.471. The summed E-state index contributed by atoms with van der Waals surface area (Å²) in [7, 11) is 0. The number of hydrogen-bond donors (Lipinski definition) is 1. The maximum atomic E-state index is 4.61. The van der Waals surface area contributed by atoms with E-state index >= 15 is 0 Å². The number of aryl methyl sites for hydroxylation is 2. The highest BCUT2D eigenvalue weighted by Crippen LogP contribution is 2.26. The van der Waals surface area contributed by atoms with E-state index < -0.39 is 0 Å². The minimum Gasteiger partial charge on any atom is -0.310 e. The van der Waals surface area contributed by atoms with Gasteiger partial charge < -0.3 is 5.32 Å². The average molecular weight is 271 g/mol. The van der Waals surface area contributed by atoms with Gasteiger partial charge in [0.2, 0.25) is 0 Å². The Kier molecular flexibility index (Phi) is 4.96. The number of rotatable bonds is 6. The van der Waals surface area contributed by atoms with Crippen LogP contribution in [0, 0.1) is 6.92 Å². The maximum Gasteiger partial charge on any atom is 0.0672 e. The highest BCUT2D eigenvalue weighted by molar-refractivity contribution is 5.68. The normalized spacial score (nSPS) is 11.2. The molecule has 0 spiro atoms. The molecule has 0 radical (unpaired) electrons. The summed E-state index contributed by atoms with van der Waals surface area (Å²) >= 11 is 0. The van der Waals surface area contributed by atoms with Crippen molar-refractivity contribution in [3.8, 4) is 11.1 Å². The van der Waals surface area contributed by atoms with Crippen molar-refractivity contribution < 1.29 is 0 Å². The van der Waals surface area contributed by atoms with E-state index in [-0.39, 0.29) is 0 Å². The third-order valence-electron chi connectivity index (χ3n) is 3.41. The molecule has 2 rings (SSSR count). The number of hydrogen-bond acceptors (Lipinski definition) is 2. The lowest BCUT2D eigenvalue weighted by Gasteiger charge is -2.12. The summed E-state index contributed by atoms with van der Waals surface area (Å²) < 4.78 is 2.05. The van der Waals surface area contributed by atoms with Gasteiger partial charge in [-0.15, -0.1) is 0 Å². The molecule has 0 saturated heterocycles. The van der Waals surface area contributed by atoms with Crippen LogP contribution in [-0.4, -0.2) is 15.8 Å². The molecular formula is C17H25N3. The number of aromatic nitrogens is 2. The van der Waals surface area contributed by atoms with Gasteiger partial charge in [-0.2, -0.15) is 5.10 Å². The Hall–Kier alpha value is -1.61. The lowest BCUT2D eigenvalue weighted by molar-refractivity contribution is 0.589. The van der Waals surface area contributed by atoms with E-state index in [1.807, 2.05) is 0 Å². The lowest BCUT2D eigenvalue weighted by atomic mass is 10.0. The van der Waals surface area contributed by atoms with Crippen LogP contribution in [-0.2, 0) is 13.1 Å². The van der Waals surface area contributed by atoms with Crippen molar-refractivity contribution in [3.05, 3.63) is 41.7 Å². The van der Waals surface area contributed by atoms with Crippen molar-refractivity contribution in [1.29, 1.82) is 0 Å². The Morgan fingerprint density at radius 2 is 1.95 bits per heavy atom. The summed E-state index contributed by atoms with van der Waals surface area (Å²) in [6.07, 6.45) is 3.28. The van der Waals surface area contributed by atoms with Crippen LogP contribution in [0.4, 0.5) is 0 Å². The zero-order valence-electron chi connectivity index (χ0n) is 13.0. The van der Waals surface area contributed by atoms with Gasteiger partial charge >= 0.3 is 0 Å². The van der Waals surface area contributed by atoms with Crippen molar-refractivity contribution in [1.82, 2.24) is 15.1 Å². The largest absolute Gasteiger partial charge is 0.310 e.